The van der Waals surface area contributed by atoms with E-state index >= 15 is 0 Å². The standard InChI is InChI=1S/C8H5BrIN3S/c9-6-2-1-5(14-6)8-12-3-4(10)7(11)13-8/h1-3H,(H2,11,12,13). The van der Waals surface area contributed by atoms with Gasteiger partial charge >= 0.3 is 0 Å². The maximum absolute atomic E-state index is 5.70. The van der Waals surface area contributed by atoms with Gasteiger partial charge in [-0.15, -0.1) is 11.3 Å². The van der Waals surface area contributed by atoms with Gasteiger partial charge in [0.05, 0.1) is 12.2 Å². The molecule has 0 atom stereocenters. The molecular formula is C8H5BrIN3S. The molecule has 0 saturated carbocycles. The highest BCUT2D eigenvalue weighted by Crippen LogP contribution is 2.29. The van der Waals surface area contributed by atoms with E-state index in [0.717, 1.165) is 12.2 Å². The van der Waals surface area contributed by atoms with Crippen LogP contribution in [0.1, 0.15) is 0 Å². The van der Waals surface area contributed by atoms with E-state index in [-0.39, 0.29) is 0 Å². The summed E-state index contributed by atoms with van der Waals surface area (Å²) in [5, 5.41) is 0. The highest BCUT2D eigenvalue weighted by Gasteiger charge is 2.06. The lowest BCUT2D eigenvalue weighted by atomic mass is 10.4. The first-order valence-corrected chi connectivity index (χ1v) is 6.39. The van der Waals surface area contributed by atoms with Gasteiger partial charge in [0.2, 0.25) is 0 Å². The second-order valence-corrected chi connectivity index (χ2v) is 6.16. The van der Waals surface area contributed by atoms with Crippen LogP contribution in [0.4, 0.5) is 5.82 Å². The predicted octanol–water partition coefficient (Wildman–Crippen LogP) is 3.15. The van der Waals surface area contributed by atoms with E-state index in [4.69, 9.17) is 5.73 Å². The SMILES string of the molecule is Nc1nc(-c2ccc(Br)s2)ncc1I. The zero-order valence-corrected chi connectivity index (χ0v) is 11.4. The Kier molecular flexibility index (Phi) is 3.03. The Labute approximate surface area is 107 Å². The first-order valence-electron chi connectivity index (χ1n) is 3.70. The lowest BCUT2D eigenvalue weighted by molar-refractivity contribution is 1.18. The molecule has 6 heteroatoms. The summed E-state index contributed by atoms with van der Waals surface area (Å²) in [5.41, 5.74) is 5.70. The fourth-order valence-electron chi connectivity index (χ4n) is 0.934. The summed E-state index contributed by atoms with van der Waals surface area (Å²) < 4.78 is 1.94. The Balaban J connectivity index is 2.47. The summed E-state index contributed by atoms with van der Waals surface area (Å²) in [6, 6.07) is 3.94. The maximum Gasteiger partial charge on any atom is 0.171 e. The Morgan fingerprint density at radius 2 is 2.21 bits per heavy atom. The zero-order chi connectivity index (χ0) is 10.1. The Morgan fingerprint density at radius 1 is 1.43 bits per heavy atom. The second kappa shape index (κ2) is 4.11. The minimum atomic E-state index is 0.528. The van der Waals surface area contributed by atoms with E-state index in [1.54, 1.807) is 17.5 Å². The van der Waals surface area contributed by atoms with Gasteiger partial charge in [-0.2, -0.15) is 0 Å². The number of thiophene rings is 1. The van der Waals surface area contributed by atoms with Crippen molar-refractivity contribution in [3.05, 3.63) is 25.7 Å². The van der Waals surface area contributed by atoms with Crippen LogP contribution in [0.15, 0.2) is 22.1 Å². The quantitative estimate of drug-likeness (QED) is 0.772. The molecule has 2 heterocycles. The molecule has 0 spiro atoms. The fraction of sp³-hybridized carbons (Fsp3) is 0. The van der Waals surface area contributed by atoms with Crippen molar-refractivity contribution in [2.45, 2.75) is 0 Å². The monoisotopic (exact) mass is 381 g/mol. The molecule has 0 radical (unpaired) electrons. The Bertz CT molecular complexity index is 471. The van der Waals surface area contributed by atoms with E-state index in [2.05, 4.69) is 48.5 Å². The van der Waals surface area contributed by atoms with Gasteiger partial charge in [0, 0.05) is 6.20 Å². The molecule has 0 unspecified atom stereocenters. The third kappa shape index (κ3) is 2.06. The van der Waals surface area contributed by atoms with Crippen LogP contribution in [-0.4, -0.2) is 9.97 Å². The normalized spacial score (nSPS) is 10.4. The molecule has 2 N–H and O–H groups in total. The Morgan fingerprint density at radius 3 is 2.79 bits per heavy atom. The molecule has 72 valence electrons. The van der Waals surface area contributed by atoms with Crippen LogP contribution in [-0.2, 0) is 0 Å². The van der Waals surface area contributed by atoms with Gasteiger partial charge in [-0.05, 0) is 50.7 Å². The van der Waals surface area contributed by atoms with Gasteiger partial charge in [-0.3, -0.25) is 0 Å². The lowest BCUT2D eigenvalue weighted by Gasteiger charge is -1.98. The minimum Gasteiger partial charge on any atom is -0.383 e. The van der Waals surface area contributed by atoms with E-state index in [9.17, 15) is 0 Å². The third-order valence-corrected chi connectivity index (χ3v) is 4.02. The van der Waals surface area contributed by atoms with Gasteiger partial charge in [-0.1, -0.05) is 0 Å². The molecule has 0 saturated heterocycles. The molecule has 2 aromatic heterocycles. The molecule has 2 rings (SSSR count). The third-order valence-electron chi connectivity index (χ3n) is 1.56. The smallest absolute Gasteiger partial charge is 0.171 e. The number of hydrogen-bond donors (Lipinski definition) is 1. The Hall–Kier alpha value is -0.210. The van der Waals surface area contributed by atoms with Gasteiger partial charge in [-0.25, -0.2) is 9.97 Å². The van der Waals surface area contributed by atoms with Gasteiger partial charge in [0.15, 0.2) is 5.82 Å². The number of halogens is 2. The van der Waals surface area contributed by atoms with Gasteiger partial charge < -0.3 is 5.73 Å². The van der Waals surface area contributed by atoms with Gasteiger partial charge in [0.1, 0.15) is 5.82 Å². The van der Waals surface area contributed by atoms with E-state index in [0.29, 0.717) is 11.6 Å². The maximum atomic E-state index is 5.70. The van der Waals surface area contributed by atoms with E-state index in [1.165, 1.54) is 0 Å². The van der Waals surface area contributed by atoms with Gasteiger partial charge in [0.25, 0.3) is 0 Å². The number of hydrogen-bond acceptors (Lipinski definition) is 4. The molecule has 0 aliphatic heterocycles. The number of anilines is 1. The number of aromatic nitrogens is 2. The predicted molar refractivity (Wildman–Crippen MR) is 70.2 cm³/mol. The fourth-order valence-corrected chi connectivity index (χ4v) is 2.52. The minimum absolute atomic E-state index is 0.528. The van der Waals surface area contributed by atoms with E-state index in [1.807, 2.05) is 12.1 Å². The van der Waals surface area contributed by atoms with Crippen molar-refractivity contribution in [2.75, 3.05) is 5.73 Å². The first-order chi connectivity index (χ1) is 6.66. The topological polar surface area (TPSA) is 51.8 Å². The molecule has 14 heavy (non-hydrogen) atoms. The van der Waals surface area contributed by atoms with Crippen LogP contribution in [0.5, 0.6) is 0 Å². The van der Waals surface area contributed by atoms with Crippen molar-refractivity contribution in [3.8, 4) is 10.7 Å². The average molecular weight is 382 g/mol. The van der Waals surface area contributed by atoms with Crippen molar-refractivity contribution < 1.29 is 0 Å². The van der Waals surface area contributed by atoms with Crippen molar-refractivity contribution in [1.82, 2.24) is 9.97 Å². The highest BCUT2D eigenvalue weighted by molar-refractivity contribution is 14.1. The number of nitrogens with two attached hydrogens (primary N) is 1. The highest BCUT2D eigenvalue weighted by atomic mass is 127. The summed E-state index contributed by atoms with van der Waals surface area (Å²) >= 11 is 7.09. The van der Waals surface area contributed by atoms with Crippen LogP contribution in [0.25, 0.3) is 10.7 Å². The molecule has 0 aromatic carbocycles. The molecule has 0 aliphatic carbocycles. The summed E-state index contributed by atoms with van der Waals surface area (Å²) in [5.74, 6) is 1.21. The van der Waals surface area contributed by atoms with Crippen molar-refractivity contribution in [2.24, 2.45) is 0 Å². The number of rotatable bonds is 1. The molecular weight excluding hydrogens is 377 g/mol. The van der Waals surface area contributed by atoms with Crippen molar-refractivity contribution in [3.63, 3.8) is 0 Å². The zero-order valence-electron chi connectivity index (χ0n) is 6.87. The molecule has 2 aromatic rings. The van der Waals surface area contributed by atoms with Crippen molar-refractivity contribution >= 4 is 55.7 Å². The summed E-state index contributed by atoms with van der Waals surface area (Å²) in [4.78, 5) is 9.43. The lowest BCUT2D eigenvalue weighted by Crippen LogP contribution is -1.97. The largest absolute Gasteiger partial charge is 0.383 e. The van der Waals surface area contributed by atoms with Crippen LogP contribution in [0, 0.1) is 3.57 Å². The molecule has 0 bridgehead atoms. The molecule has 0 amide bonds. The van der Waals surface area contributed by atoms with Crippen LogP contribution in [0.2, 0.25) is 0 Å². The van der Waals surface area contributed by atoms with Crippen LogP contribution in [0.3, 0.4) is 0 Å². The molecule has 0 aliphatic rings. The van der Waals surface area contributed by atoms with Crippen molar-refractivity contribution in [1.29, 1.82) is 0 Å². The number of nitrogens with zero attached hydrogens (tertiary/aromatic N) is 2. The van der Waals surface area contributed by atoms with Crippen LogP contribution < -0.4 is 5.73 Å². The van der Waals surface area contributed by atoms with E-state index < -0.39 is 0 Å². The molecule has 3 nitrogen and oxygen atoms in total. The molecule has 0 fully saturated rings. The average Bonchev–Trinajstić information content (AvgIpc) is 2.57. The second-order valence-electron chi connectivity index (χ2n) is 2.53. The first kappa shape index (κ1) is 10.3. The summed E-state index contributed by atoms with van der Waals surface area (Å²) in [7, 11) is 0. The number of nitrogen functional groups attached to an aromatic ring is 1. The van der Waals surface area contributed by atoms with Crippen LogP contribution >= 0.6 is 49.9 Å². The summed E-state index contributed by atoms with van der Waals surface area (Å²) in [6.07, 6.45) is 1.73. The summed E-state index contributed by atoms with van der Waals surface area (Å²) in [6.45, 7) is 0.